The zero-order valence-corrected chi connectivity index (χ0v) is 14.8. The van der Waals surface area contributed by atoms with Crippen molar-refractivity contribution < 1.29 is 27.9 Å². The highest BCUT2D eigenvalue weighted by Gasteiger charge is 2.35. The highest BCUT2D eigenvalue weighted by atomic mass is 32.2. The van der Waals surface area contributed by atoms with E-state index in [0.717, 1.165) is 7.11 Å². The molecule has 0 aliphatic heterocycles. The number of esters is 1. The van der Waals surface area contributed by atoms with Crippen molar-refractivity contribution in [1.29, 1.82) is 0 Å². The van der Waals surface area contributed by atoms with Crippen LogP contribution in [0.5, 0.6) is 0 Å². The maximum absolute atomic E-state index is 12.2. The topological polar surface area (TPSA) is 110 Å². The third kappa shape index (κ3) is 5.14. The van der Waals surface area contributed by atoms with Gasteiger partial charge in [0.25, 0.3) is 0 Å². The first kappa shape index (κ1) is 19.6. The molecular weight excluding hydrogens is 358 g/mol. The molecule has 8 heteroatoms. The Morgan fingerprint density at radius 1 is 1.00 bits per heavy atom. The van der Waals surface area contributed by atoms with Crippen LogP contribution in [0, 0.1) is 0 Å². The van der Waals surface area contributed by atoms with E-state index in [2.05, 4.69) is 9.46 Å². The van der Waals surface area contributed by atoms with E-state index in [1.54, 1.807) is 60.7 Å². The Kier molecular flexibility index (Phi) is 6.48. The minimum absolute atomic E-state index is 0.631. The van der Waals surface area contributed by atoms with Crippen LogP contribution in [0.4, 0.5) is 0 Å². The summed E-state index contributed by atoms with van der Waals surface area (Å²) in [6.07, 6.45) is 0. The summed E-state index contributed by atoms with van der Waals surface area (Å²) < 4.78 is 30.9. The number of benzene rings is 2. The fourth-order valence-corrected chi connectivity index (χ4v) is 3.74. The molecule has 2 N–H and O–H groups in total. The summed E-state index contributed by atoms with van der Waals surface area (Å²) in [7, 11) is -3.14. The number of carboxylic acids is 1. The van der Waals surface area contributed by atoms with Crippen molar-refractivity contribution in [1.82, 2.24) is 4.72 Å². The standard InChI is InChI=1S/C18H19NO6S/c1-25-15(20)12-26(23,24)19-17(18(21)22)16(13-8-4-2-5-9-13)14-10-6-3-7-11-14/h2-11,16-17,19H,12H2,1H3,(H,21,22)/t17-/m0/s1. The summed E-state index contributed by atoms with van der Waals surface area (Å²) in [5, 5.41) is 9.68. The minimum atomic E-state index is -4.20. The van der Waals surface area contributed by atoms with Crippen LogP contribution >= 0.6 is 0 Å². The van der Waals surface area contributed by atoms with Gasteiger partial charge >= 0.3 is 11.9 Å². The van der Waals surface area contributed by atoms with Gasteiger partial charge in [0.2, 0.25) is 10.0 Å². The number of carbonyl (C=O) groups is 2. The van der Waals surface area contributed by atoms with Gasteiger partial charge in [0.1, 0.15) is 6.04 Å². The molecule has 7 nitrogen and oxygen atoms in total. The van der Waals surface area contributed by atoms with Crippen LogP contribution in [0.25, 0.3) is 0 Å². The van der Waals surface area contributed by atoms with E-state index < -0.39 is 39.7 Å². The van der Waals surface area contributed by atoms with Gasteiger partial charge in [-0.15, -0.1) is 0 Å². The summed E-state index contributed by atoms with van der Waals surface area (Å²) in [5.74, 6) is -4.06. The van der Waals surface area contributed by atoms with Crippen molar-refractivity contribution in [3.05, 3.63) is 71.8 Å². The number of rotatable bonds is 8. The van der Waals surface area contributed by atoms with Gasteiger partial charge in [-0.2, -0.15) is 4.72 Å². The fraction of sp³-hybridized carbons (Fsp3) is 0.222. The SMILES string of the molecule is COC(=O)CS(=O)(=O)N[C@H](C(=O)O)C(c1ccccc1)c1ccccc1. The van der Waals surface area contributed by atoms with Crippen LogP contribution in [0.2, 0.25) is 0 Å². The molecule has 0 aliphatic carbocycles. The quantitative estimate of drug-likeness (QED) is 0.672. The Hall–Kier alpha value is -2.71. The van der Waals surface area contributed by atoms with Crippen LogP contribution < -0.4 is 4.72 Å². The van der Waals surface area contributed by atoms with Gasteiger partial charge in [-0.1, -0.05) is 60.7 Å². The Balaban J connectivity index is 2.45. The monoisotopic (exact) mass is 377 g/mol. The Morgan fingerprint density at radius 2 is 1.46 bits per heavy atom. The van der Waals surface area contributed by atoms with Crippen molar-refractivity contribution in [2.45, 2.75) is 12.0 Å². The van der Waals surface area contributed by atoms with Crippen molar-refractivity contribution in [3.63, 3.8) is 0 Å². The number of sulfonamides is 1. The highest BCUT2D eigenvalue weighted by Crippen LogP contribution is 2.28. The predicted molar refractivity (Wildman–Crippen MR) is 95.1 cm³/mol. The van der Waals surface area contributed by atoms with E-state index in [1.165, 1.54) is 0 Å². The molecule has 2 aromatic carbocycles. The highest BCUT2D eigenvalue weighted by molar-refractivity contribution is 7.90. The Morgan fingerprint density at radius 3 is 1.85 bits per heavy atom. The van der Waals surface area contributed by atoms with Crippen molar-refractivity contribution in [2.24, 2.45) is 0 Å². The van der Waals surface area contributed by atoms with Gasteiger partial charge in [0, 0.05) is 5.92 Å². The summed E-state index contributed by atoms with van der Waals surface area (Å²) in [4.78, 5) is 23.2. The first-order valence-corrected chi connectivity index (χ1v) is 9.39. The lowest BCUT2D eigenvalue weighted by Crippen LogP contribution is -2.47. The zero-order chi connectivity index (χ0) is 19.2. The molecule has 0 amide bonds. The molecule has 0 radical (unpaired) electrons. The Labute approximate surface area is 151 Å². The lowest BCUT2D eigenvalue weighted by atomic mass is 9.85. The van der Waals surface area contributed by atoms with E-state index in [1.807, 2.05) is 0 Å². The van der Waals surface area contributed by atoms with Gasteiger partial charge in [-0.3, -0.25) is 9.59 Å². The summed E-state index contributed by atoms with van der Waals surface area (Å²) in [5.41, 5.74) is 1.26. The molecule has 1 atom stereocenters. The van der Waals surface area contributed by atoms with E-state index in [4.69, 9.17) is 0 Å². The lowest BCUT2D eigenvalue weighted by Gasteiger charge is -2.25. The zero-order valence-electron chi connectivity index (χ0n) is 14.0. The minimum Gasteiger partial charge on any atom is -0.480 e. The molecule has 2 rings (SSSR count). The van der Waals surface area contributed by atoms with E-state index in [9.17, 15) is 23.1 Å². The van der Waals surface area contributed by atoms with Gasteiger partial charge in [0.15, 0.2) is 5.75 Å². The van der Waals surface area contributed by atoms with Gasteiger partial charge in [-0.05, 0) is 11.1 Å². The summed E-state index contributed by atoms with van der Waals surface area (Å²) in [6, 6.07) is 15.9. The number of methoxy groups -OCH3 is 1. The first-order chi connectivity index (χ1) is 12.3. The second kappa shape index (κ2) is 8.59. The molecule has 0 fully saturated rings. The van der Waals surface area contributed by atoms with Gasteiger partial charge in [-0.25, -0.2) is 8.42 Å². The molecule has 0 bridgehead atoms. The maximum Gasteiger partial charge on any atom is 0.322 e. The van der Waals surface area contributed by atoms with Gasteiger partial charge < -0.3 is 9.84 Å². The number of ether oxygens (including phenoxy) is 1. The van der Waals surface area contributed by atoms with E-state index >= 15 is 0 Å². The first-order valence-electron chi connectivity index (χ1n) is 7.73. The van der Waals surface area contributed by atoms with Crippen molar-refractivity contribution in [2.75, 3.05) is 12.9 Å². The molecule has 0 aromatic heterocycles. The number of hydrogen-bond donors (Lipinski definition) is 2. The summed E-state index contributed by atoms with van der Waals surface area (Å²) in [6.45, 7) is 0. The predicted octanol–water partition coefficient (Wildman–Crippen LogP) is 1.36. The molecule has 0 aliphatic rings. The van der Waals surface area contributed by atoms with E-state index in [0.29, 0.717) is 11.1 Å². The summed E-state index contributed by atoms with van der Waals surface area (Å²) >= 11 is 0. The molecule has 0 unspecified atom stereocenters. The number of carbonyl (C=O) groups excluding carboxylic acids is 1. The molecule has 26 heavy (non-hydrogen) atoms. The van der Waals surface area contributed by atoms with Crippen molar-refractivity contribution in [3.8, 4) is 0 Å². The van der Waals surface area contributed by atoms with Crippen molar-refractivity contribution >= 4 is 22.0 Å². The third-order valence-corrected chi connectivity index (χ3v) is 4.99. The number of hydrogen-bond acceptors (Lipinski definition) is 5. The second-order valence-corrected chi connectivity index (χ2v) is 7.32. The van der Waals surface area contributed by atoms with Crippen LogP contribution in [-0.2, 0) is 24.3 Å². The average Bonchev–Trinajstić information content (AvgIpc) is 2.62. The van der Waals surface area contributed by atoms with Crippen LogP contribution in [0.3, 0.4) is 0 Å². The molecule has 138 valence electrons. The fourth-order valence-electron chi connectivity index (χ4n) is 2.61. The lowest BCUT2D eigenvalue weighted by molar-refractivity contribution is -0.140. The normalized spacial score (nSPS) is 12.5. The molecular formula is C18H19NO6S. The molecule has 0 saturated carbocycles. The number of carboxylic acid groups (broad SMARTS) is 1. The number of aliphatic carboxylic acids is 1. The number of nitrogens with one attached hydrogen (secondary N) is 1. The maximum atomic E-state index is 12.2. The molecule has 2 aromatic rings. The molecule has 0 heterocycles. The van der Waals surface area contributed by atoms with E-state index in [-0.39, 0.29) is 0 Å². The molecule has 0 spiro atoms. The van der Waals surface area contributed by atoms with Gasteiger partial charge in [0.05, 0.1) is 7.11 Å². The smallest absolute Gasteiger partial charge is 0.322 e. The second-order valence-electron chi connectivity index (χ2n) is 5.57. The largest absolute Gasteiger partial charge is 0.480 e. The van der Waals surface area contributed by atoms with Crippen LogP contribution in [0.1, 0.15) is 17.0 Å². The molecule has 0 saturated heterocycles. The Bertz CT molecular complexity index is 812. The van der Waals surface area contributed by atoms with Crippen LogP contribution in [-0.4, -0.2) is 44.4 Å². The van der Waals surface area contributed by atoms with Crippen LogP contribution in [0.15, 0.2) is 60.7 Å². The third-order valence-electron chi connectivity index (χ3n) is 3.76. The average molecular weight is 377 g/mol.